The van der Waals surface area contributed by atoms with Gasteiger partial charge in [0.25, 0.3) is 5.91 Å². The molecule has 1 heterocycles. The van der Waals surface area contributed by atoms with Crippen LogP contribution in [0.15, 0.2) is 48.5 Å². The number of morpholine rings is 1. The van der Waals surface area contributed by atoms with Crippen LogP contribution in [-0.4, -0.2) is 44.3 Å². The van der Waals surface area contributed by atoms with Crippen molar-refractivity contribution in [3.63, 3.8) is 0 Å². The molecule has 0 saturated carbocycles. The van der Waals surface area contributed by atoms with Gasteiger partial charge in [-0.05, 0) is 42.8 Å². The first kappa shape index (κ1) is 20.2. The first-order chi connectivity index (χ1) is 13.5. The Balaban J connectivity index is 1.50. The summed E-state index contributed by atoms with van der Waals surface area (Å²) in [6, 6.07) is 14.6. The van der Waals surface area contributed by atoms with Crippen LogP contribution in [0.25, 0.3) is 0 Å². The second-order valence-electron chi connectivity index (χ2n) is 6.54. The Labute approximate surface area is 169 Å². The summed E-state index contributed by atoms with van der Waals surface area (Å²) >= 11 is 6.05. The number of esters is 1. The first-order valence-electron chi connectivity index (χ1n) is 9.19. The molecule has 1 aliphatic heterocycles. The molecule has 1 atom stereocenters. The molecule has 6 nitrogen and oxygen atoms in total. The van der Waals surface area contributed by atoms with E-state index in [0.29, 0.717) is 16.3 Å². The van der Waals surface area contributed by atoms with E-state index in [2.05, 4.69) is 10.2 Å². The minimum absolute atomic E-state index is 0.0194. The lowest BCUT2D eigenvalue weighted by atomic mass is 10.1. The van der Waals surface area contributed by atoms with E-state index in [1.807, 2.05) is 24.3 Å². The van der Waals surface area contributed by atoms with Crippen molar-refractivity contribution in [3.05, 3.63) is 59.1 Å². The predicted molar refractivity (Wildman–Crippen MR) is 109 cm³/mol. The Bertz CT molecular complexity index is 819. The number of ether oxygens (including phenoxy) is 2. The van der Waals surface area contributed by atoms with Crippen molar-refractivity contribution in [2.24, 2.45) is 0 Å². The highest BCUT2D eigenvalue weighted by Crippen LogP contribution is 2.20. The number of carbonyl (C=O) groups excluding carboxylic acids is 2. The van der Waals surface area contributed by atoms with Crippen molar-refractivity contribution in [2.75, 3.05) is 36.5 Å². The van der Waals surface area contributed by atoms with Gasteiger partial charge in [-0.3, -0.25) is 9.59 Å². The molecular weight excluding hydrogens is 380 g/mol. The summed E-state index contributed by atoms with van der Waals surface area (Å²) < 4.78 is 10.6. The molecule has 148 valence electrons. The summed E-state index contributed by atoms with van der Waals surface area (Å²) in [5, 5.41) is 3.26. The average molecular weight is 403 g/mol. The van der Waals surface area contributed by atoms with Crippen LogP contribution in [0.1, 0.15) is 12.5 Å². The molecule has 1 amide bonds. The highest BCUT2D eigenvalue weighted by molar-refractivity contribution is 6.31. The summed E-state index contributed by atoms with van der Waals surface area (Å²) in [5.74, 6) is -0.884. The third-order valence-corrected chi connectivity index (χ3v) is 4.85. The quantitative estimate of drug-likeness (QED) is 0.751. The maximum absolute atomic E-state index is 12.3. The van der Waals surface area contributed by atoms with Crippen LogP contribution in [-0.2, 0) is 25.5 Å². The van der Waals surface area contributed by atoms with Crippen LogP contribution in [0.2, 0.25) is 5.02 Å². The lowest BCUT2D eigenvalue weighted by Gasteiger charge is -2.28. The van der Waals surface area contributed by atoms with Gasteiger partial charge in [-0.25, -0.2) is 0 Å². The number of carbonyl (C=O) groups is 2. The SMILES string of the molecule is C[C@@H](OC(=O)Cc1ccccc1Cl)C(=O)Nc1ccc(N2CCOCC2)cc1. The zero-order valence-corrected chi connectivity index (χ0v) is 16.4. The smallest absolute Gasteiger partial charge is 0.311 e. The van der Waals surface area contributed by atoms with E-state index in [1.165, 1.54) is 0 Å². The van der Waals surface area contributed by atoms with Gasteiger partial charge in [-0.15, -0.1) is 0 Å². The van der Waals surface area contributed by atoms with Crippen LogP contribution in [0, 0.1) is 0 Å². The van der Waals surface area contributed by atoms with E-state index in [-0.39, 0.29) is 12.3 Å². The molecular formula is C21H23ClN2O4. The summed E-state index contributed by atoms with van der Waals surface area (Å²) in [4.78, 5) is 26.6. The molecule has 1 aliphatic rings. The molecule has 0 aromatic heterocycles. The first-order valence-corrected chi connectivity index (χ1v) is 9.57. The van der Waals surface area contributed by atoms with E-state index in [9.17, 15) is 9.59 Å². The standard InChI is InChI=1S/C21H23ClN2O4/c1-15(28-20(25)14-16-4-2-3-5-19(16)22)21(26)23-17-6-8-18(9-7-17)24-10-12-27-13-11-24/h2-9,15H,10-14H2,1H3,(H,23,26)/t15-/m1/s1. The van der Waals surface area contributed by atoms with Crippen LogP contribution in [0.5, 0.6) is 0 Å². The maximum atomic E-state index is 12.3. The summed E-state index contributed by atoms with van der Waals surface area (Å²) in [5.41, 5.74) is 2.40. The molecule has 2 aromatic carbocycles. The second-order valence-corrected chi connectivity index (χ2v) is 6.94. The van der Waals surface area contributed by atoms with Crippen molar-refractivity contribution in [1.82, 2.24) is 0 Å². The van der Waals surface area contributed by atoms with Crippen LogP contribution in [0.4, 0.5) is 11.4 Å². The van der Waals surface area contributed by atoms with E-state index in [4.69, 9.17) is 21.1 Å². The number of nitrogens with zero attached hydrogens (tertiary/aromatic N) is 1. The molecule has 1 N–H and O–H groups in total. The fraction of sp³-hybridized carbons (Fsp3) is 0.333. The van der Waals surface area contributed by atoms with E-state index < -0.39 is 12.1 Å². The van der Waals surface area contributed by atoms with E-state index in [0.717, 1.165) is 32.0 Å². The number of anilines is 2. The van der Waals surface area contributed by atoms with Gasteiger partial charge in [0.2, 0.25) is 0 Å². The van der Waals surface area contributed by atoms with Gasteiger partial charge in [0.05, 0.1) is 19.6 Å². The normalized spacial score (nSPS) is 15.0. The van der Waals surface area contributed by atoms with Crippen molar-refractivity contribution >= 4 is 34.9 Å². The lowest BCUT2D eigenvalue weighted by molar-refractivity contribution is -0.152. The lowest BCUT2D eigenvalue weighted by Crippen LogP contribution is -2.36. The van der Waals surface area contributed by atoms with E-state index in [1.54, 1.807) is 31.2 Å². The van der Waals surface area contributed by atoms with Gasteiger partial charge < -0.3 is 19.7 Å². The maximum Gasteiger partial charge on any atom is 0.311 e. The molecule has 28 heavy (non-hydrogen) atoms. The second kappa shape index (κ2) is 9.57. The zero-order chi connectivity index (χ0) is 19.9. The zero-order valence-electron chi connectivity index (χ0n) is 15.7. The van der Waals surface area contributed by atoms with Gasteiger partial charge >= 0.3 is 5.97 Å². The molecule has 0 bridgehead atoms. The molecule has 1 saturated heterocycles. The van der Waals surface area contributed by atoms with Crippen LogP contribution < -0.4 is 10.2 Å². The van der Waals surface area contributed by atoms with Crippen LogP contribution in [0.3, 0.4) is 0 Å². The highest BCUT2D eigenvalue weighted by atomic mass is 35.5. The van der Waals surface area contributed by atoms with Gasteiger partial charge in [0.15, 0.2) is 6.10 Å². The topological polar surface area (TPSA) is 67.9 Å². The van der Waals surface area contributed by atoms with Crippen molar-refractivity contribution in [3.8, 4) is 0 Å². The molecule has 0 radical (unpaired) electrons. The Hall–Kier alpha value is -2.57. The summed E-state index contributed by atoms with van der Waals surface area (Å²) in [6.07, 6.45) is -0.889. The number of rotatable bonds is 6. The van der Waals surface area contributed by atoms with Crippen molar-refractivity contribution < 1.29 is 19.1 Å². The van der Waals surface area contributed by atoms with Gasteiger partial charge in [0, 0.05) is 29.5 Å². The van der Waals surface area contributed by atoms with Gasteiger partial charge in [0.1, 0.15) is 0 Å². The van der Waals surface area contributed by atoms with E-state index >= 15 is 0 Å². The number of hydrogen-bond acceptors (Lipinski definition) is 5. The van der Waals surface area contributed by atoms with Crippen molar-refractivity contribution in [2.45, 2.75) is 19.4 Å². The number of hydrogen-bond donors (Lipinski definition) is 1. The molecule has 0 aliphatic carbocycles. The third-order valence-electron chi connectivity index (χ3n) is 4.48. The van der Waals surface area contributed by atoms with Crippen LogP contribution >= 0.6 is 11.6 Å². The number of halogens is 1. The molecule has 3 rings (SSSR count). The van der Waals surface area contributed by atoms with Gasteiger partial charge in [-0.1, -0.05) is 29.8 Å². The monoisotopic (exact) mass is 402 g/mol. The summed E-state index contributed by atoms with van der Waals surface area (Å²) in [7, 11) is 0. The van der Waals surface area contributed by atoms with Gasteiger partial charge in [-0.2, -0.15) is 0 Å². The summed E-state index contributed by atoms with van der Waals surface area (Å²) in [6.45, 7) is 4.68. The van der Waals surface area contributed by atoms with Crippen molar-refractivity contribution in [1.29, 1.82) is 0 Å². The fourth-order valence-corrected chi connectivity index (χ4v) is 3.11. The average Bonchev–Trinajstić information content (AvgIpc) is 2.71. The largest absolute Gasteiger partial charge is 0.452 e. The Morgan fingerprint density at radius 3 is 2.50 bits per heavy atom. The highest BCUT2D eigenvalue weighted by Gasteiger charge is 2.19. The Morgan fingerprint density at radius 1 is 1.14 bits per heavy atom. The Kier molecular flexibility index (Phi) is 6.90. The molecule has 2 aromatic rings. The molecule has 0 spiro atoms. The molecule has 7 heteroatoms. The number of benzene rings is 2. The predicted octanol–water partition coefficient (Wildman–Crippen LogP) is 3.29. The molecule has 1 fully saturated rings. The minimum atomic E-state index is -0.908. The minimum Gasteiger partial charge on any atom is -0.452 e. The number of amides is 1. The molecule has 0 unspecified atom stereocenters. The fourth-order valence-electron chi connectivity index (χ4n) is 2.91. The number of nitrogens with one attached hydrogen (secondary N) is 1. The Morgan fingerprint density at radius 2 is 1.82 bits per heavy atom. The third kappa shape index (κ3) is 5.47.